The Labute approximate surface area is 176 Å². The van der Waals surface area contributed by atoms with E-state index in [0.29, 0.717) is 24.5 Å². The summed E-state index contributed by atoms with van der Waals surface area (Å²) in [6, 6.07) is 9.11. The first-order chi connectivity index (χ1) is 13.6. The molecule has 0 unspecified atom stereocenters. The topological polar surface area (TPSA) is 95.6 Å². The second-order valence-electron chi connectivity index (χ2n) is 6.40. The van der Waals surface area contributed by atoms with Crippen LogP contribution < -0.4 is 10.6 Å². The zero-order valence-corrected chi connectivity index (χ0v) is 18.3. The summed E-state index contributed by atoms with van der Waals surface area (Å²) in [4.78, 5) is 24.1. The van der Waals surface area contributed by atoms with E-state index >= 15 is 0 Å². The lowest BCUT2D eigenvalue weighted by Gasteiger charge is -2.19. The van der Waals surface area contributed by atoms with Gasteiger partial charge in [0.1, 0.15) is 0 Å². The summed E-state index contributed by atoms with van der Waals surface area (Å²) < 4.78 is 26.8. The van der Waals surface area contributed by atoms with Gasteiger partial charge in [-0.3, -0.25) is 9.59 Å². The number of carbonyl (C=O) groups is 2. The van der Waals surface area contributed by atoms with Crippen molar-refractivity contribution in [1.29, 1.82) is 0 Å². The van der Waals surface area contributed by atoms with Crippen LogP contribution in [0.2, 0.25) is 5.02 Å². The number of nitrogens with one attached hydrogen (secondary N) is 2. The predicted octanol–water partition coefficient (Wildman–Crippen LogP) is 3.89. The Balaban J connectivity index is 2.36. The molecule has 0 fully saturated rings. The molecule has 156 valence electrons. The predicted molar refractivity (Wildman–Crippen MR) is 115 cm³/mol. The van der Waals surface area contributed by atoms with E-state index in [1.807, 2.05) is 6.92 Å². The Morgan fingerprint density at radius 1 is 1.03 bits per heavy atom. The average Bonchev–Trinajstić information content (AvgIpc) is 2.65. The van der Waals surface area contributed by atoms with Crippen LogP contribution >= 0.6 is 11.6 Å². The molecule has 9 heteroatoms. The number of rotatable bonds is 7. The number of hydrogen-bond acceptors (Lipinski definition) is 4. The molecule has 7 nitrogen and oxygen atoms in total. The minimum Gasteiger partial charge on any atom is -0.326 e. The molecule has 0 aliphatic heterocycles. The first kappa shape index (κ1) is 22.9. The quantitative estimate of drug-likeness (QED) is 0.686. The third kappa shape index (κ3) is 5.35. The van der Waals surface area contributed by atoms with E-state index in [4.69, 9.17) is 11.6 Å². The molecule has 0 radical (unpaired) electrons. The molecular formula is C20H24ClN3O4S. The number of hydrogen-bond donors (Lipinski definition) is 2. The van der Waals surface area contributed by atoms with Crippen LogP contribution in [0.15, 0.2) is 41.3 Å². The second-order valence-corrected chi connectivity index (χ2v) is 8.74. The molecule has 2 aromatic rings. The Bertz CT molecular complexity index is 1030. The molecule has 2 amide bonds. The summed E-state index contributed by atoms with van der Waals surface area (Å²) in [6.07, 6.45) is 0. The Hall–Kier alpha value is -2.42. The first-order valence-corrected chi connectivity index (χ1v) is 10.9. The molecule has 0 saturated heterocycles. The summed E-state index contributed by atoms with van der Waals surface area (Å²) in [6.45, 7) is 7.35. The first-order valence-electron chi connectivity index (χ1n) is 9.09. The molecule has 0 heterocycles. The lowest BCUT2D eigenvalue weighted by molar-refractivity contribution is -0.114. The van der Waals surface area contributed by atoms with Gasteiger partial charge in [0.25, 0.3) is 5.91 Å². The van der Waals surface area contributed by atoms with E-state index in [2.05, 4.69) is 10.6 Å². The maximum absolute atomic E-state index is 12.8. The van der Waals surface area contributed by atoms with Crippen molar-refractivity contribution in [2.75, 3.05) is 23.7 Å². The van der Waals surface area contributed by atoms with E-state index in [1.165, 1.54) is 29.4 Å². The van der Waals surface area contributed by atoms with Crippen molar-refractivity contribution < 1.29 is 18.0 Å². The monoisotopic (exact) mass is 437 g/mol. The fourth-order valence-corrected chi connectivity index (χ4v) is 4.46. The minimum atomic E-state index is -3.73. The molecule has 0 aromatic heterocycles. The van der Waals surface area contributed by atoms with Crippen LogP contribution in [0.1, 0.15) is 36.7 Å². The molecule has 0 bridgehead atoms. The van der Waals surface area contributed by atoms with Crippen molar-refractivity contribution in [3.63, 3.8) is 0 Å². The zero-order chi connectivity index (χ0) is 21.8. The molecule has 2 aromatic carbocycles. The average molecular weight is 438 g/mol. The summed E-state index contributed by atoms with van der Waals surface area (Å²) in [5.41, 5.74) is 1.89. The highest BCUT2D eigenvalue weighted by atomic mass is 35.5. The molecular weight excluding hydrogens is 414 g/mol. The molecule has 29 heavy (non-hydrogen) atoms. The van der Waals surface area contributed by atoms with Crippen LogP contribution in [-0.4, -0.2) is 37.6 Å². The third-order valence-corrected chi connectivity index (χ3v) is 6.71. The van der Waals surface area contributed by atoms with Crippen molar-refractivity contribution in [3.8, 4) is 0 Å². The van der Waals surface area contributed by atoms with Gasteiger partial charge in [-0.05, 0) is 42.8 Å². The normalized spacial score (nSPS) is 11.4. The van der Waals surface area contributed by atoms with Crippen LogP contribution in [0.5, 0.6) is 0 Å². The number of carbonyl (C=O) groups excluding carboxylic acids is 2. The number of nitrogens with zero attached hydrogens (tertiary/aromatic N) is 1. The molecule has 0 aliphatic rings. The lowest BCUT2D eigenvalue weighted by Crippen LogP contribution is -2.30. The van der Waals surface area contributed by atoms with E-state index in [0.717, 1.165) is 5.56 Å². The fourth-order valence-electron chi connectivity index (χ4n) is 2.77. The van der Waals surface area contributed by atoms with E-state index < -0.39 is 15.9 Å². The molecule has 0 saturated carbocycles. The van der Waals surface area contributed by atoms with Gasteiger partial charge in [-0.2, -0.15) is 4.31 Å². The number of halogens is 1. The number of sulfonamides is 1. The van der Waals surface area contributed by atoms with Crippen LogP contribution in [0, 0.1) is 6.92 Å². The highest BCUT2D eigenvalue weighted by Crippen LogP contribution is 2.25. The third-order valence-electron chi connectivity index (χ3n) is 4.33. The SMILES string of the molecule is CCN(CC)S(=O)(=O)c1ccc(Cl)c(C(=O)Nc2ccc(C)c(NC(C)=O)c2)c1. The highest BCUT2D eigenvalue weighted by molar-refractivity contribution is 7.89. The summed E-state index contributed by atoms with van der Waals surface area (Å²) in [5.74, 6) is -0.779. The summed E-state index contributed by atoms with van der Waals surface area (Å²) in [5, 5.41) is 5.52. The summed E-state index contributed by atoms with van der Waals surface area (Å²) >= 11 is 6.15. The van der Waals surface area contributed by atoms with Crippen molar-refractivity contribution in [1.82, 2.24) is 4.31 Å². The molecule has 2 N–H and O–H groups in total. The van der Waals surface area contributed by atoms with Gasteiger partial charge in [-0.25, -0.2) is 8.42 Å². The number of anilines is 2. The smallest absolute Gasteiger partial charge is 0.257 e. The van der Waals surface area contributed by atoms with E-state index in [-0.39, 0.29) is 21.4 Å². The van der Waals surface area contributed by atoms with Gasteiger partial charge < -0.3 is 10.6 Å². The fraction of sp³-hybridized carbons (Fsp3) is 0.300. The standard InChI is InChI=1S/C20H24ClN3O4S/c1-5-24(6-2)29(27,28)16-9-10-18(21)17(12-16)20(26)23-15-8-7-13(3)19(11-15)22-14(4)25/h7-12H,5-6H2,1-4H3,(H,22,25)(H,23,26). The summed E-state index contributed by atoms with van der Waals surface area (Å²) in [7, 11) is -3.73. The van der Waals surface area contributed by atoms with Crippen LogP contribution in [-0.2, 0) is 14.8 Å². The second kappa shape index (κ2) is 9.39. The van der Waals surface area contributed by atoms with Gasteiger partial charge in [-0.15, -0.1) is 0 Å². The van der Waals surface area contributed by atoms with Gasteiger partial charge in [0.05, 0.1) is 15.5 Å². The highest BCUT2D eigenvalue weighted by Gasteiger charge is 2.24. The van der Waals surface area contributed by atoms with Gasteiger partial charge in [0.2, 0.25) is 15.9 Å². The Morgan fingerprint density at radius 3 is 2.28 bits per heavy atom. The Kier molecular flexibility index (Phi) is 7.40. The van der Waals surface area contributed by atoms with Crippen molar-refractivity contribution in [2.24, 2.45) is 0 Å². The number of aryl methyl sites for hydroxylation is 1. The Morgan fingerprint density at radius 2 is 1.69 bits per heavy atom. The largest absolute Gasteiger partial charge is 0.326 e. The van der Waals surface area contributed by atoms with Gasteiger partial charge >= 0.3 is 0 Å². The van der Waals surface area contributed by atoms with Gasteiger partial charge in [-0.1, -0.05) is 31.5 Å². The van der Waals surface area contributed by atoms with Crippen LogP contribution in [0.25, 0.3) is 0 Å². The molecule has 0 aliphatic carbocycles. The van der Waals surface area contributed by atoms with E-state index in [1.54, 1.807) is 32.0 Å². The van der Waals surface area contributed by atoms with Crippen LogP contribution in [0.4, 0.5) is 11.4 Å². The van der Waals surface area contributed by atoms with Crippen molar-refractivity contribution in [2.45, 2.75) is 32.6 Å². The van der Waals surface area contributed by atoms with Crippen LogP contribution in [0.3, 0.4) is 0 Å². The maximum Gasteiger partial charge on any atom is 0.257 e. The molecule has 0 atom stereocenters. The van der Waals surface area contributed by atoms with Gasteiger partial charge in [0.15, 0.2) is 0 Å². The number of benzene rings is 2. The molecule has 2 rings (SSSR count). The maximum atomic E-state index is 12.8. The zero-order valence-electron chi connectivity index (χ0n) is 16.7. The van der Waals surface area contributed by atoms with Crippen molar-refractivity contribution >= 4 is 44.8 Å². The molecule has 0 spiro atoms. The lowest BCUT2D eigenvalue weighted by atomic mass is 10.1. The van der Waals surface area contributed by atoms with E-state index in [9.17, 15) is 18.0 Å². The van der Waals surface area contributed by atoms with Gasteiger partial charge in [0, 0.05) is 31.4 Å². The van der Waals surface area contributed by atoms with Crippen molar-refractivity contribution in [3.05, 3.63) is 52.5 Å². The minimum absolute atomic E-state index is 0.00130. The number of amides is 2.